The predicted octanol–water partition coefficient (Wildman–Crippen LogP) is 0.530. The van der Waals surface area contributed by atoms with E-state index in [0.717, 1.165) is 16.9 Å². The average molecular weight is 522 g/mol. The lowest BCUT2D eigenvalue weighted by atomic mass is 9.95. The fourth-order valence-electron chi connectivity index (χ4n) is 3.46. The summed E-state index contributed by atoms with van der Waals surface area (Å²) in [7, 11) is 3.20. The van der Waals surface area contributed by atoms with Crippen LogP contribution in [0.4, 0.5) is 5.13 Å². The molecule has 0 radical (unpaired) electrons. The smallest absolute Gasteiger partial charge is 0.354 e. The molecular weight excluding hydrogens is 500 g/mol. The Morgan fingerprint density at radius 2 is 2.18 bits per heavy atom. The van der Waals surface area contributed by atoms with Crippen LogP contribution in [0.3, 0.4) is 0 Å². The zero-order valence-electron chi connectivity index (χ0n) is 18.1. The van der Waals surface area contributed by atoms with E-state index >= 15 is 0 Å². The van der Waals surface area contributed by atoms with E-state index in [1.807, 2.05) is 36.1 Å². The molecule has 0 saturated carbocycles. The molecule has 2 amide bonds. The van der Waals surface area contributed by atoms with E-state index in [9.17, 15) is 19.5 Å². The third-order valence-corrected chi connectivity index (χ3v) is 8.39. The van der Waals surface area contributed by atoms with Crippen molar-refractivity contribution in [1.29, 1.82) is 0 Å². The molecule has 11 nitrogen and oxygen atoms in total. The molecule has 4 rings (SSSR count). The Bertz CT molecular complexity index is 1200. The summed E-state index contributed by atoms with van der Waals surface area (Å²) in [6.07, 6.45) is 3.83. The normalized spacial score (nSPS) is 20.0. The van der Waals surface area contributed by atoms with Gasteiger partial charge in [-0.1, -0.05) is 5.16 Å². The number of thioether (sulfide) groups is 2. The molecule has 0 aromatic carbocycles. The van der Waals surface area contributed by atoms with E-state index in [2.05, 4.69) is 15.5 Å². The van der Waals surface area contributed by atoms with Crippen LogP contribution in [0.5, 0.6) is 0 Å². The number of carbonyl (C=O) groups is 3. The topological polar surface area (TPSA) is 151 Å². The maximum absolute atomic E-state index is 12.9. The summed E-state index contributed by atoms with van der Waals surface area (Å²) in [6.45, 7) is 0. The van der Waals surface area contributed by atoms with Gasteiger partial charge in [-0.05, 0) is 5.56 Å². The number of β-lactam (4-membered cyclic amide) rings is 1. The second-order valence-electron chi connectivity index (χ2n) is 7.33. The largest absolute Gasteiger partial charge is 0.477 e. The Morgan fingerprint density at radius 3 is 2.79 bits per heavy atom. The zero-order valence-corrected chi connectivity index (χ0v) is 20.6. The number of hydrogen-bond acceptors (Lipinski definition) is 10. The van der Waals surface area contributed by atoms with E-state index < -0.39 is 29.9 Å². The fraction of sp³-hybridized carbons (Fsp3) is 0.300. The van der Waals surface area contributed by atoms with Crippen molar-refractivity contribution in [2.24, 2.45) is 12.2 Å². The predicted molar refractivity (Wildman–Crippen MR) is 129 cm³/mol. The average Bonchev–Trinajstić information content (AvgIpc) is 3.25. The van der Waals surface area contributed by atoms with Gasteiger partial charge < -0.3 is 21.0 Å². The van der Waals surface area contributed by atoms with Gasteiger partial charge in [0.1, 0.15) is 25.9 Å². The van der Waals surface area contributed by atoms with Gasteiger partial charge in [-0.15, -0.1) is 34.9 Å². The van der Waals surface area contributed by atoms with Gasteiger partial charge in [-0.2, -0.15) is 0 Å². The minimum absolute atomic E-state index is 0.0544. The van der Waals surface area contributed by atoms with Crippen LogP contribution in [0.25, 0.3) is 0 Å². The van der Waals surface area contributed by atoms with Gasteiger partial charge in [0.15, 0.2) is 28.9 Å². The number of rotatable bonds is 8. The number of carboxylic acid groups (broad SMARTS) is 1. The van der Waals surface area contributed by atoms with E-state index in [4.69, 9.17) is 10.6 Å². The molecule has 2 aliphatic rings. The molecule has 34 heavy (non-hydrogen) atoms. The minimum Gasteiger partial charge on any atom is -0.477 e. The highest BCUT2D eigenvalue weighted by atomic mass is 32.2. The second-order valence-corrected chi connectivity index (χ2v) is 10.5. The van der Waals surface area contributed by atoms with Crippen molar-refractivity contribution < 1.29 is 28.9 Å². The number of aryl methyl sites for hydroxylation is 1. The SMILES string of the molecule is CON=C(C(=O)NC1C(=O)N2C(C(=O)O)=C(SCc3cc[n+](C)cc3)SCC12)c1csc(N)n1. The molecule has 1 fully saturated rings. The first kappa shape index (κ1) is 24.0. The van der Waals surface area contributed by atoms with E-state index in [1.165, 1.54) is 35.5 Å². The molecule has 2 atom stereocenters. The number of nitrogen functional groups attached to an aromatic ring is 1. The molecule has 0 bridgehead atoms. The van der Waals surface area contributed by atoms with Crippen molar-refractivity contribution in [2.75, 3.05) is 18.6 Å². The van der Waals surface area contributed by atoms with Crippen molar-refractivity contribution in [3.8, 4) is 0 Å². The van der Waals surface area contributed by atoms with Crippen LogP contribution in [0, 0.1) is 0 Å². The quantitative estimate of drug-likeness (QED) is 0.196. The zero-order chi connectivity index (χ0) is 24.4. The minimum atomic E-state index is -1.18. The van der Waals surface area contributed by atoms with Crippen LogP contribution in [-0.4, -0.2) is 63.4 Å². The number of aromatic nitrogens is 2. The van der Waals surface area contributed by atoms with Gasteiger partial charge >= 0.3 is 5.97 Å². The van der Waals surface area contributed by atoms with Crippen molar-refractivity contribution >= 4 is 63.5 Å². The van der Waals surface area contributed by atoms with Crippen LogP contribution in [0.15, 0.2) is 45.0 Å². The second kappa shape index (κ2) is 10.0. The molecule has 2 unspecified atom stereocenters. The summed E-state index contributed by atoms with van der Waals surface area (Å²) in [5.41, 5.74) is 6.73. The number of thiazole rings is 1. The number of carbonyl (C=O) groups excluding carboxylic acids is 2. The monoisotopic (exact) mass is 521 g/mol. The van der Waals surface area contributed by atoms with E-state index in [0.29, 0.717) is 15.7 Å². The first-order chi connectivity index (χ1) is 16.3. The molecule has 0 spiro atoms. The number of amides is 2. The number of oxime groups is 1. The van der Waals surface area contributed by atoms with Gasteiger partial charge in [0, 0.05) is 29.0 Å². The summed E-state index contributed by atoms with van der Waals surface area (Å²) in [5, 5.41) is 18.0. The highest BCUT2D eigenvalue weighted by molar-refractivity contribution is 8.22. The molecule has 2 aromatic rings. The Morgan fingerprint density at radius 1 is 1.44 bits per heavy atom. The number of aliphatic carboxylic acids is 1. The summed E-state index contributed by atoms with van der Waals surface area (Å²) < 4.78 is 2.48. The lowest BCUT2D eigenvalue weighted by molar-refractivity contribution is -0.671. The van der Waals surface area contributed by atoms with Gasteiger partial charge in [-0.25, -0.2) is 14.3 Å². The van der Waals surface area contributed by atoms with Crippen LogP contribution in [-0.2, 0) is 32.0 Å². The van der Waals surface area contributed by atoms with Crippen molar-refractivity contribution in [2.45, 2.75) is 17.8 Å². The van der Waals surface area contributed by atoms with Crippen molar-refractivity contribution in [1.82, 2.24) is 15.2 Å². The van der Waals surface area contributed by atoms with Crippen molar-refractivity contribution in [3.63, 3.8) is 0 Å². The summed E-state index contributed by atoms with van der Waals surface area (Å²) in [4.78, 5) is 47.8. The number of anilines is 1. The molecule has 4 heterocycles. The lowest BCUT2D eigenvalue weighted by Gasteiger charge is -2.49. The standard InChI is InChI=1S/C20H20N6O5S3/c1-25-5-3-10(4-6-25)7-32-19-15(18(29)30)26-12(9-33-19)14(17(26)28)23-16(27)13(24-31-2)11-8-34-20(21)22-11/h3-6,8,12,14H,7,9H2,1-2H3,(H3-,21,22,23,27,29,30)/p+1. The molecule has 2 aliphatic heterocycles. The Kier molecular flexibility index (Phi) is 7.09. The number of pyridine rings is 1. The Balaban J connectivity index is 1.48. The number of nitrogens with zero attached hydrogens (tertiary/aromatic N) is 4. The van der Waals surface area contributed by atoms with Crippen LogP contribution in [0.1, 0.15) is 11.3 Å². The maximum atomic E-state index is 12.9. The molecule has 1 saturated heterocycles. The summed E-state index contributed by atoms with van der Waals surface area (Å²) >= 11 is 3.88. The third-order valence-electron chi connectivity index (χ3n) is 5.11. The molecule has 178 valence electrons. The summed E-state index contributed by atoms with van der Waals surface area (Å²) in [5.74, 6) is -1.32. The van der Waals surface area contributed by atoms with E-state index in [-0.39, 0.29) is 22.2 Å². The number of nitrogens with two attached hydrogens (primary N) is 1. The number of carboxylic acids is 1. The first-order valence-electron chi connectivity index (χ1n) is 9.94. The number of hydrogen-bond donors (Lipinski definition) is 3. The van der Waals surface area contributed by atoms with Gasteiger partial charge in [0.05, 0.1) is 10.3 Å². The van der Waals surface area contributed by atoms with Gasteiger partial charge in [-0.3, -0.25) is 14.5 Å². The molecule has 0 aliphatic carbocycles. The highest BCUT2D eigenvalue weighted by Gasteiger charge is 2.54. The fourth-order valence-corrected chi connectivity index (χ4v) is 6.52. The molecule has 14 heteroatoms. The lowest BCUT2D eigenvalue weighted by Crippen LogP contribution is -2.72. The van der Waals surface area contributed by atoms with Gasteiger partial charge in [0.25, 0.3) is 11.8 Å². The van der Waals surface area contributed by atoms with Crippen LogP contribution < -0.4 is 15.6 Å². The highest BCUT2D eigenvalue weighted by Crippen LogP contribution is 2.44. The van der Waals surface area contributed by atoms with Crippen molar-refractivity contribution in [3.05, 3.63) is 51.1 Å². The van der Waals surface area contributed by atoms with E-state index in [1.54, 1.807) is 5.38 Å². The Hall–Kier alpha value is -3.10. The maximum Gasteiger partial charge on any atom is 0.354 e. The molecule has 2 aromatic heterocycles. The van der Waals surface area contributed by atoms with Crippen LogP contribution >= 0.6 is 34.9 Å². The molecular formula is C20H21N6O5S3+. The van der Waals surface area contributed by atoms with Gasteiger partial charge in [0.2, 0.25) is 0 Å². The Labute approximate surface area is 207 Å². The third kappa shape index (κ3) is 4.74. The molecule has 4 N–H and O–H groups in total. The first-order valence-corrected chi connectivity index (χ1v) is 12.8. The number of fused-ring (bicyclic) bond motifs is 1. The number of nitrogens with one attached hydrogen (secondary N) is 1. The summed E-state index contributed by atoms with van der Waals surface area (Å²) in [6, 6.07) is 2.55. The van der Waals surface area contributed by atoms with Crippen LogP contribution in [0.2, 0.25) is 0 Å².